The van der Waals surface area contributed by atoms with Gasteiger partial charge in [-0.05, 0) is 66.4 Å². The molecule has 2 aliphatic heterocycles. The van der Waals surface area contributed by atoms with E-state index in [9.17, 15) is 18.0 Å². The molecule has 0 spiro atoms. The minimum absolute atomic E-state index is 0.338. The van der Waals surface area contributed by atoms with Gasteiger partial charge in [-0.3, -0.25) is 4.79 Å². The van der Waals surface area contributed by atoms with Crippen LogP contribution in [0, 0.1) is 0 Å². The normalized spacial score (nSPS) is 17.9. The van der Waals surface area contributed by atoms with Crippen LogP contribution in [-0.4, -0.2) is 42.2 Å². The number of aliphatic imine (C=N–C) groups is 1. The van der Waals surface area contributed by atoms with Crippen molar-refractivity contribution in [2.45, 2.75) is 6.18 Å². The summed E-state index contributed by atoms with van der Waals surface area (Å²) >= 11 is 7.21. The molecule has 5 rings (SSSR count). The molecule has 0 N–H and O–H groups in total. The van der Waals surface area contributed by atoms with Gasteiger partial charge < -0.3 is 14.2 Å². The first-order valence-corrected chi connectivity index (χ1v) is 12.0. The highest BCUT2D eigenvalue weighted by Crippen LogP contribution is 2.34. The molecule has 0 atom stereocenters. The van der Waals surface area contributed by atoms with Crippen LogP contribution in [0.25, 0.3) is 17.4 Å². The van der Waals surface area contributed by atoms with Gasteiger partial charge >= 0.3 is 6.18 Å². The molecule has 5 nitrogen and oxygen atoms in total. The van der Waals surface area contributed by atoms with E-state index in [-0.39, 0.29) is 5.91 Å². The summed E-state index contributed by atoms with van der Waals surface area (Å²) in [6, 6.07) is 16.2. The molecule has 1 saturated heterocycles. The van der Waals surface area contributed by atoms with E-state index in [2.05, 4.69) is 4.99 Å². The Balaban J connectivity index is 1.22. The Morgan fingerprint density at radius 2 is 1.69 bits per heavy atom. The number of carbonyl (C=O) groups is 1. The summed E-state index contributed by atoms with van der Waals surface area (Å²) < 4.78 is 45.0. The third-order valence-corrected chi connectivity index (χ3v) is 7.02. The number of alkyl halides is 3. The summed E-state index contributed by atoms with van der Waals surface area (Å²) in [5, 5.41) is 1.23. The third-order valence-electron chi connectivity index (χ3n) is 5.73. The van der Waals surface area contributed by atoms with Crippen molar-refractivity contribution in [3.8, 4) is 11.3 Å². The highest BCUT2D eigenvalue weighted by molar-refractivity contribution is 8.18. The number of piperazine rings is 1. The van der Waals surface area contributed by atoms with Crippen molar-refractivity contribution >= 4 is 46.2 Å². The molecule has 0 aliphatic carbocycles. The van der Waals surface area contributed by atoms with E-state index < -0.39 is 11.7 Å². The molecule has 35 heavy (non-hydrogen) atoms. The van der Waals surface area contributed by atoms with Crippen molar-refractivity contribution < 1.29 is 22.4 Å². The van der Waals surface area contributed by atoms with E-state index in [1.807, 2.05) is 28.0 Å². The molecule has 3 heterocycles. The van der Waals surface area contributed by atoms with Crippen molar-refractivity contribution in [2.24, 2.45) is 4.99 Å². The average Bonchev–Trinajstić information content (AvgIpc) is 3.46. The van der Waals surface area contributed by atoms with Crippen molar-refractivity contribution in [1.82, 2.24) is 4.90 Å². The molecular weight excluding hydrogens is 499 g/mol. The van der Waals surface area contributed by atoms with Crippen molar-refractivity contribution in [3.63, 3.8) is 0 Å². The van der Waals surface area contributed by atoms with Crippen LogP contribution in [0.4, 0.5) is 18.9 Å². The van der Waals surface area contributed by atoms with Crippen LogP contribution in [-0.2, 0) is 11.0 Å². The predicted molar refractivity (Wildman–Crippen MR) is 132 cm³/mol. The van der Waals surface area contributed by atoms with Gasteiger partial charge in [-0.2, -0.15) is 18.2 Å². The lowest BCUT2D eigenvalue weighted by molar-refractivity contribution is -0.137. The Bertz CT molecular complexity index is 1310. The zero-order chi connectivity index (χ0) is 24.6. The van der Waals surface area contributed by atoms with Gasteiger partial charge in [0.1, 0.15) is 11.5 Å². The minimum atomic E-state index is -4.38. The Morgan fingerprint density at radius 3 is 2.40 bits per heavy atom. The maximum absolute atomic E-state index is 13.0. The summed E-state index contributed by atoms with van der Waals surface area (Å²) in [4.78, 5) is 21.0. The molecule has 3 aromatic rings. The van der Waals surface area contributed by atoms with Crippen molar-refractivity contribution in [2.75, 3.05) is 31.1 Å². The Morgan fingerprint density at radius 1 is 0.971 bits per heavy atom. The predicted octanol–water partition coefficient (Wildman–Crippen LogP) is 6.41. The van der Waals surface area contributed by atoms with E-state index >= 15 is 0 Å². The number of thioether (sulfide) groups is 1. The zero-order valence-corrected chi connectivity index (χ0v) is 19.8. The van der Waals surface area contributed by atoms with Crippen LogP contribution in [0.2, 0.25) is 5.02 Å². The first kappa shape index (κ1) is 23.6. The molecule has 1 fully saturated rings. The number of amides is 1. The summed E-state index contributed by atoms with van der Waals surface area (Å²) in [5.41, 5.74) is 0.747. The second-order valence-corrected chi connectivity index (χ2v) is 9.49. The molecule has 180 valence electrons. The number of anilines is 1. The summed E-state index contributed by atoms with van der Waals surface area (Å²) in [6.07, 6.45) is -2.71. The first-order chi connectivity index (χ1) is 16.8. The Kier molecular flexibility index (Phi) is 6.37. The molecule has 0 saturated carbocycles. The van der Waals surface area contributed by atoms with Crippen LogP contribution in [0.15, 0.2) is 75.0 Å². The van der Waals surface area contributed by atoms with E-state index in [1.54, 1.807) is 30.3 Å². The smallest absolute Gasteiger partial charge is 0.416 e. The molecular formula is C25H19ClF3N3O2S. The van der Waals surface area contributed by atoms with Gasteiger partial charge in [0.15, 0.2) is 5.17 Å². The quantitative estimate of drug-likeness (QED) is 0.376. The van der Waals surface area contributed by atoms with Gasteiger partial charge in [-0.15, -0.1) is 0 Å². The molecule has 0 bridgehead atoms. The number of nitrogens with zero attached hydrogens (tertiary/aromatic N) is 3. The van der Waals surface area contributed by atoms with Gasteiger partial charge in [0.2, 0.25) is 0 Å². The largest absolute Gasteiger partial charge is 0.457 e. The fourth-order valence-electron chi connectivity index (χ4n) is 3.90. The molecule has 2 aromatic carbocycles. The maximum atomic E-state index is 13.0. The summed E-state index contributed by atoms with van der Waals surface area (Å²) in [6.45, 7) is 2.14. The lowest BCUT2D eigenvalue weighted by Crippen LogP contribution is -2.47. The van der Waals surface area contributed by atoms with E-state index in [4.69, 9.17) is 16.0 Å². The zero-order valence-electron chi connectivity index (χ0n) is 18.3. The number of hydrogen-bond donors (Lipinski definition) is 0. The van der Waals surface area contributed by atoms with Crippen LogP contribution in [0.5, 0.6) is 0 Å². The summed E-state index contributed by atoms with van der Waals surface area (Å²) in [5.74, 6) is 0.863. The number of amidine groups is 1. The Hall–Kier alpha value is -3.17. The lowest BCUT2D eigenvalue weighted by atomic mass is 10.1. The minimum Gasteiger partial charge on any atom is -0.457 e. The van der Waals surface area contributed by atoms with Crippen LogP contribution in [0.1, 0.15) is 11.3 Å². The first-order valence-electron chi connectivity index (χ1n) is 10.8. The topological polar surface area (TPSA) is 49.1 Å². The highest BCUT2D eigenvalue weighted by atomic mass is 35.5. The number of carbonyl (C=O) groups excluding carboxylic acids is 1. The second kappa shape index (κ2) is 9.47. The van der Waals surface area contributed by atoms with E-state index in [1.165, 1.54) is 23.9 Å². The second-order valence-electron chi connectivity index (χ2n) is 8.04. The van der Waals surface area contributed by atoms with Gasteiger partial charge in [0.25, 0.3) is 5.91 Å². The van der Waals surface area contributed by atoms with E-state index in [0.29, 0.717) is 58.5 Å². The van der Waals surface area contributed by atoms with Crippen LogP contribution < -0.4 is 4.90 Å². The molecule has 0 unspecified atom stereocenters. The molecule has 1 aromatic heterocycles. The number of hydrogen-bond acceptors (Lipinski definition) is 5. The maximum Gasteiger partial charge on any atom is 0.416 e. The number of benzene rings is 2. The monoisotopic (exact) mass is 517 g/mol. The van der Waals surface area contributed by atoms with Crippen LogP contribution in [0.3, 0.4) is 0 Å². The van der Waals surface area contributed by atoms with Gasteiger partial charge in [-0.25, -0.2) is 0 Å². The highest BCUT2D eigenvalue weighted by Gasteiger charge is 2.32. The third kappa shape index (κ3) is 5.26. The fourth-order valence-corrected chi connectivity index (χ4v) is 4.97. The SMILES string of the molecule is O=C1N=C(N2CCN(c3cccc(C(F)(F)F)c3)CC2)S/C1=C/c1ccc(-c2ccc(Cl)cc2)o1. The molecule has 0 radical (unpaired) electrons. The number of rotatable bonds is 3. The van der Waals surface area contributed by atoms with Crippen molar-refractivity contribution in [1.29, 1.82) is 0 Å². The van der Waals surface area contributed by atoms with E-state index in [0.717, 1.165) is 11.6 Å². The molecule has 1 amide bonds. The standard InChI is InChI=1S/C25H19ClF3N3O2S/c26-18-6-4-16(5-7-18)21-9-8-20(34-21)15-22-23(33)30-24(35-22)32-12-10-31(11-13-32)19-3-1-2-17(14-19)25(27,28)29/h1-9,14-15H,10-13H2/b22-15+. The summed E-state index contributed by atoms with van der Waals surface area (Å²) in [7, 11) is 0. The van der Waals surface area contributed by atoms with Gasteiger partial charge in [-0.1, -0.05) is 17.7 Å². The fraction of sp³-hybridized carbons (Fsp3) is 0.200. The molecule has 10 heteroatoms. The lowest BCUT2D eigenvalue weighted by Gasteiger charge is -2.36. The average molecular weight is 518 g/mol. The number of furan rings is 1. The van der Waals surface area contributed by atoms with Crippen molar-refractivity contribution in [3.05, 3.63) is 81.9 Å². The number of halogens is 4. The van der Waals surface area contributed by atoms with Gasteiger partial charge in [0.05, 0.1) is 10.5 Å². The molecule has 2 aliphatic rings. The van der Waals surface area contributed by atoms with Crippen LogP contribution >= 0.6 is 23.4 Å². The van der Waals surface area contributed by atoms with Gasteiger partial charge in [0, 0.05) is 48.5 Å². The Labute approximate surface area is 208 Å².